The first-order valence-electron chi connectivity index (χ1n) is 4.96. The molecule has 4 nitrogen and oxygen atoms in total. The largest absolute Gasteiger partial charge is 0.481 e. The Morgan fingerprint density at radius 2 is 1.89 bits per heavy atom. The van der Waals surface area contributed by atoms with Crippen molar-refractivity contribution in [3.05, 3.63) is 43.6 Å². The van der Waals surface area contributed by atoms with Crippen molar-refractivity contribution in [2.45, 2.75) is 6.42 Å². The van der Waals surface area contributed by atoms with Crippen LogP contribution in [-0.4, -0.2) is 22.1 Å². The standard InChI is InChI=1S/C11H8Cl2IN3O/c1-18-8-3-2-6(5-15-8)4-7-16-10(12)9(14)11(13)17-7/h2-3,5H,4H2,1H3. The molecule has 0 atom stereocenters. The van der Waals surface area contributed by atoms with Crippen LogP contribution in [0.4, 0.5) is 0 Å². The number of aromatic nitrogens is 3. The van der Waals surface area contributed by atoms with Gasteiger partial charge in [0.2, 0.25) is 5.88 Å². The Balaban J connectivity index is 2.23. The van der Waals surface area contributed by atoms with Gasteiger partial charge in [-0.3, -0.25) is 0 Å². The van der Waals surface area contributed by atoms with Crippen LogP contribution < -0.4 is 4.74 Å². The number of hydrogen-bond acceptors (Lipinski definition) is 4. The summed E-state index contributed by atoms with van der Waals surface area (Å²) in [4.78, 5) is 12.5. The molecule has 2 rings (SSSR count). The first-order valence-corrected chi connectivity index (χ1v) is 6.80. The Bertz CT molecular complexity index is 540. The van der Waals surface area contributed by atoms with E-state index in [1.165, 1.54) is 0 Å². The van der Waals surface area contributed by atoms with Gasteiger partial charge in [-0.1, -0.05) is 29.3 Å². The average molecular weight is 396 g/mol. The summed E-state index contributed by atoms with van der Waals surface area (Å²) >= 11 is 13.9. The molecule has 2 aromatic heterocycles. The summed E-state index contributed by atoms with van der Waals surface area (Å²) in [6, 6.07) is 3.68. The molecule has 0 aliphatic heterocycles. The Hall–Kier alpha value is -0.660. The van der Waals surface area contributed by atoms with Crippen LogP contribution in [0.15, 0.2) is 18.3 Å². The predicted octanol–water partition coefficient (Wildman–Crippen LogP) is 3.38. The highest BCUT2D eigenvalue weighted by Gasteiger charge is 2.09. The summed E-state index contributed by atoms with van der Waals surface area (Å²) in [5, 5.41) is 0.735. The molecular weight excluding hydrogens is 388 g/mol. The topological polar surface area (TPSA) is 47.9 Å². The van der Waals surface area contributed by atoms with Crippen LogP contribution in [0.1, 0.15) is 11.4 Å². The van der Waals surface area contributed by atoms with Gasteiger partial charge in [0.15, 0.2) is 0 Å². The monoisotopic (exact) mass is 395 g/mol. The van der Waals surface area contributed by atoms with Crippen LogP contribution >= 0.6 is 45.8 Å². The fraction of sp³-hybridized carbons (Fsp3) is 0.182. The van der Waals surface area contributed by atoms with Gasteiger partial charge in [0.05, 0.1) is 10.7 Å². The summed E-state index contributed by atoms with van der Waals surface area (Å²) in [6.07, 6.45) is 2.23. The molecule has 0 fully saturated rings. The summed E-state index contributed by atoms with van der Waals surface area (Å²) in [6.45, 7) is 0. The second-order valence-electron chi connectivity index (χ2n) is 3.42. The fourth-order valence-electron chi connectivity index (χ4n) is 1.33. The molecule has 18 heavy (non-hydrogen) atoms. The van der Waals surface area contributed by atoms with Crippen molar-refractivity contribution < 1.29 is 4.74 Å². The van der Waals surface area contributed by atoms with E-state index in [1.807, 2.05) is 28.7 Å². The van der Waals surface area contributed by atoms with Crippen molar-refractivity contribution in [2.75, 3.05) is 7.11 Å². The highest BCUT2D eigenvalue weighted by atomic mass is 127. The van der Waals surface area contributed by atoms with Crippen molar-refractivity contribution in [3.8, 4) is 5.88 Å². The summed E-state index contributed by atoms with van der Waals surface area (Å²) in [5.74, 6) is 1.13. The quantitative estimate of drug-likeness (QED) is 0.590. The summed E-state index contributed by atoms with van der Waals surface area (Å²) in [5.41, 5.74) is 0.962. The maximum absolute atomic E-state index is 5.95. The smallest absolute Gasteiger partial charge is 0.212 e. The minimum Gasteiger partial charge on any atom is -0.481 e. The fourth-order valence-corrected chi connectivity index (χ4v) is 2.00. The average Bonchev–Trinajstić information content (AvgIpc) is 2.37. The van der Waals surface area contributed by atoms with E-state index in [0.29, 0.717) is 32.0 Å². The lowest BCUT2D eigenvalue weighted by molar-refractivity contribution is 0.397. The lowest BCUT2D eigenvalue weighted by atomic mass is 10.2. The van der Waals surface area contributed by atoms with Crippen molar-refractivity contribution in [3.63, 3.8) is 0 Å². The van der Waals surface area contributed by atoms with Gasteiger partial charge in [-0.25, -0.2) is 15.0 Å². The maximum Gasteiger partial charge on any atom is 0.212 e. The van der Waals surface area contributed by atoms with Crippen LogP contribution in [0.25, 0.3) is 0 Å². The molecule has 0 aromatic carbocycles. The third-order valence-electron chi connectivity index (χ3n) is 2.19. The van der Waals surface area contributed by atoms with Crippen LogP contribution in [0, 0.1) is 3.57 Å². The molecule has 0 radical (unpaired) electrons. The minimum atomic E-state index is 0.368. The lowest BCUT2D eigenvalue weighted by Crippen LogP contribution is -2.00. The van der Waals surface area contributed by atoms with Crippen molar-refractivity contribution in [2.24, 2.45) is 0 Å². The predicted molar refractivity (Wildman–Crippen MR) is 78.4 cm³/mol. The van der Waals surface area contributed by atoms with Gasteiger partial charge in [0.1, 0.15) is 16.1 Å². The number of pyridine rings is 1. The van der Waals surface area contributed by atoms with E-state index in [1.54, 1.807) is 19.4 Å². The van der Waals surface area contributed by atoms with Crippen LogP contribution in [0.2, 0.25) is 10.3 Å². The van der Waals surface area contributed by atoms with E-state index >= 15 is 0 Å². The number of nitrogens with zero attached hydrogens (tertiary/aromatic N) is 3. The number of ether oxygens (including phenoxy) is 1. The van der Waals surface area contributed by atoms with E-state index in [9.17, 15) is 0 Å². The van der Waals surface area contributed by atoms with Crippen molar-refractivity contribution in [1.29, 1.82) is 0 Å². The van der Waals surface area contributed by atoms with Crippen molar-refractivity contribution in [1.82, 2.24) is 15.0 Å². The molecule has 0 N–H and O–H groups in total. The van der Waals surface area contributed by atoms with Gasteiger partial charge >= 0.3 is 0 Å². The molecule has 2 aromatic rings. The first kappa shape index (κ1) is 13.8. The van der Waals surface area contributed by atoms with E-state index in [4.69, 9.17) is 27.9 Å². The Labute approximate surface area is 128 Å². The van der Waals surface area contributed by atoms with Crippen LogP contribution in [0.5, 0.6) is 5.88 Å². The first-order chi connectivity index (χ1) is 8.60. The molecule has 0 bridgehead atoms. The van der Waals surface area contributed by atoms with Crippen LogP contribution in [0.3, 0.4) is 0 Å². The van der Waals surface area contributed by atoms with E-state index in [-0.39, 0.29) is 0 Å². The molecule has 0 aliphatic carbocycles. The molecule has 7 heteroatoms. The molecule has 0 aliphatic rings. The maximum atomic E-state index is 5.95. The van der Waals surface area contributed by atoms with Gasteiger partial charge < -0.3 is 4.74 Å². The molecule has 0 amide bonds. The zero-order valence-corrected chi connectivity index (χ0v) is 13.0. The highest BCUT2D eigenvalue weighted by molar-refractivity contribution is 14.1. The summed E-state index contributed by atoms with van der Waals surface area (Å²) in [7, 11) is 1.57. The molecular formula is C11H8Cl2IN3O. The highest BCUT2D eigenvalue weighted by Crippen LogP contribution is 2.23. The Kier molecular flexibility index (Phi) is 4.58. The molecule has 0 saturated carbocycles. The third-order valence-corrected chi connectivity index (χ3v) is 4.39. The Morgan fingerprint density at radius 1 is 1.22 bits per heavy atom. The lowest BCUT2D eigenvalue weighted by Gasteiger charge is -2.04. The SMILES string of the molecule is COc1ccc(Cc2nc(Cl)c(I)c(Cl)n2)cn1. The van der Waals surface area contributed by atoms with Gasteiger partial charge in [-0.15, -0.1) is 0 Å². The summed E-state index contributed by atoms with van der Waals surface area (Å²) < 4.78 is 5.65. The van der Waals surface area contributed by atoms with Gasteiger partial charge in [0, 0.05) is 18.7 Å². The molecule has 2 heterocycles. The zero-order valence-electron chi connectivity index (χ0n) is 9.32. The number of rotatable bonds is 3. The Morgan fingerprint density at radius 3 is 2.39 bits per heavy atom. The van der Waals surface area contributed by atoms with Gasteiger partial charge in [-0.2, -0.15) is 0 Å². The minimum absolute atomic E-state index is 0.368. The van der Waals surface area contributed by atoms with Gasteiger partial charge in [0.25, 0.3) is 0 Å². The zero-order chi connectivity index (χ0) is 13.1. The number of halogens is 3. The number of methoxy groups -OCH3 is 1. The second-order valence-corrected chi connectivity index (χ2v) is 5.22. The number of hydrogen-bond donors (Lipinski definition) is 0. The van der Waals surface area contributed by atoms with E-state index in [0.717, 1.165) is 5.56 Å². The van der Waals surface area contributed by atoms with Crippen LogP contribution in [-0.2, 0) is 6.42 Å². The molecule has 0 unspecified atom stereocenters. The van der Waals surface area contributed by atoms with E-state index < -0.39 is 0 Å². The normalized spacial score (nSPS) is 10.4. The molecule has 0 saturated heterocycles. The van der Waals surface area contributed by atoms with Gasteiger partial charge in [-0.05, 0) is 28.2 Å². The molecule has 0 spiro atoms. The van der Waals surface area contributed by atoms with Crippen molar-refractivity contribution >= 4 is 45.8 Å². The second kappa shape index (κ2) is 5.99. The van der Waals surface area contributed by atoms with E-state index in [2.05, 4.69) is 15.0 Å². The molecule has 94 valence electrons. The third kappa shape index (κ3) is 3.21.